The van der Waals surface area contributed by atoms with Crippen molar-refractivity contribution in [3.63, 3.8) is 0 Å². The van der Waals surface area contributed by atoms with Crippen molar-refractivity contribution in [3.8, 4) is 11.5 Å². The highest BCUT2D eigenvalue weighted by Gasteiger charge is 2.48. The number of fused-ring (bicyclic) bond motifs is 1. The van der Waals surface area contributed by atoms with E-state index in [4.69, 9.17) is 9.47 Å². The van der Waals surface area contributed by atoms with Gasteiger partial charge in [-0.05, 0) is 24.3 Å². The van der Waals surface area contributed by atoms with Gasteiger partial charge in [0.1, 0.15) is 11.8 Å². The van der Waals surface area contributed by atoms with E-state index < -0.39 is 28.4 Å². The molecule has 1 N–H and O–H groups in total. The molecule has 0 bridgehead atoms. The fourth-order valence-electron chi connectivity index (χ4n) is 3.87. The lowest BCUT2D eigenvalue weighted by atomic mass is 9.98. The number of hydrogen-bond donors (Lipinski definition) is 1. The van der Waals surface area contributed by atoms with Gasteiger partial charge >= 0.3 is 0 Å². The van der Waals surface area contributed by atoms with Crippen molar-refractivity contribution in [3.05, 3.63) is 93.8 Å². The van der Waals surface area contributed by atoms with Crippen molar-refractivity contribution in [2.75, 3.05) is 11.7 Å². The molecule has 2 aromatic carbocycles. The number of pyridine rings is 1. The zero-order valence-corrected chi connectivity index (χ0v) is 16.9. The van der Waals surface area contributed by atoms with Crippen LogP contribution in [0.2, 0.25) is 0 Å². The van der Waals surface area contributed by atoms with Crippen LogP contribution in [0.5, 0.6) is 11.5 Å². The van der Waals surface area contributed by atoms with Gasteiger partial charge in [0.05, 0.1) is 16.2 Å². The molecule has 1 saturated heterocycles. The predicted molar refractivity (Wildman–Crippen MR) is 115 cm³/mol. The molecule has 2 aliphatic heterocycles. The zero-order valence-electron chi connectivity index (χ0n) is 16.9. The monoisotopic (exact) mass is 445 g/mol. The quantitative estimate of drug-likeness (QED) is 0.213. The van der Waals surface area contributed by atoms with Crippen LogP contribution in [0.15, 0.2) is 72.4 Å². The van der Waals surface area contributed by atoms with Gasteiger partial charge in [-0.3, -0.25) is 29.6 Å². The van der Waals surface area contributed by atoms with Crippen molar-refractivity contribution in [1.29, 1.82) is 0 Å². The Labute approximate surface area is 186 Å². The molecule has 0 aliphatic carbocycles. The third-order valence-corrected chi connectivity index (χ3v) is 5.38. The number of nitro benzene ring substituents is 1. The summed E-state index contributed by atoms with van der Waals surface area (Å²) in [6, 6.07) is 13.9. The number of aromatic nitrogens is 1. The molecule has 1 unspecified atom stereocenters. The number of non-ortho nitro benzene ring substituents is 1. The third kappa shape index (κ3) is 3.33. The second-order valence-electron chi connectivity index (χ2n) is 7.27. The first kappa shape index (κ1) is 20.2. The lowest BCUT2D eigenvalue weighted by molar-refractivity contribution is -0.384. The summed E-state index contributed by atoms with van der Waals surface area (Å²) < 4.78 is 10.7. The van der Waals surface area contributed by atoms with Gasteiger partial charge < -0.3 is 14.6 Å². The maximum Gasteiger partial charge on any atom is 0.300 e. The largest absolute Gasteiger partial charge is 0.507 e. The van der Waals surface area contributed by atoms with E-state index >= 15 is 0 Å². The predicted octanol–water partition coefficient (Wildman–Crippen LogP) is 3.34. The van der Waals surface area contributed by atoms with Crippen molar-refractivity contribution >= 4 is 28.8 Å². The van der Waals surface area contributed by atoms with E-state index in [1.165, 1.54) is 29.3 Å². The average molecular weight is 445 g/mol. The van der Waals surface area contributed by atoms with E-state index in [9.17, 15) is 24.8 Å². The van der Waals surface area contributed by atoms with E-state index in [1.807, 2.05) is 0 Å². The van der Waals surface area contributed by atoms with Gasteiger partial charge in [-0.25, -0.2) is 0 Å². The number of nitrogens with zero attached hydrogens (tertiary/aromatic N) is 3. The fraction of sp³-hybridized carbons (Fsp3) is 0.0870. The van der Waals surface area contributed by atoms with E-state index in [-0.39, 0.29) is 23.6 Å². The Morgan fingerprint density at radius 3 is 2.64 bits per heavy atom. The summed E-state index contributed by atoms with van der Waals surface area (Å²) in [5.41, 5.74) is 0.223. The van der Waals surface area contributed by atoms with E-state index in [2.05, 4.69) is 4.98 Å². The summed E-state index contributed by atoms with van der Waals surface area (Å²) in [4.78, 5) is 42.3. The highest BCUT2D eigenvalue weighted by molar-refractivity contribution is 6.51. The number of carbonyl (C=O) groups excluding carboxylic acids is 2. The normalized spacial score (nSPS) is 18.5. The molecule has 10 nitrogen and oxygen atoms in total. The minimum atomic E-state index is -1.06. The number of ketones is 1. The van der Waals surface area contributed by atoms with Crippen LogP contribution in [0.3, 0.4) is 0 Å². The smallest absolute Gasteiger partial charge is 0.300 e. The number of aliphatic hydroxyl groups is 1. The third-order valence-electron chi connectivity index (χ3n) is 5.38. The van der Waals surface area contributed by atoms with Crippen LogP contribution in [0, 0.1) is 10.1 Å². The highest BCUT2D eigenvalue weighted by Crippen LogP contribution is 2.44. The van der Waals surface area contributed by atoms with Crippen molar-refractivity contribution in [1.82, 2.24) is 4.98 Å². The van der Waals surface area contributed by atoms with Crippen LogP contribution in [0.1, 0.15) is 17.3 Å². The van der Waals surface area contributed by atoms with Gasteiger partial charge in [0.15, 0.2) is 11.5 Å². The summed E-state index contributed by atoms with van der Waals surface area (Å²) in [7, 11) is 0. The number of hydrogen-bond acceptors (Lipinski definition) is 8. The Balaban J connectivity index is 1.70. The zero-order chi connectivity index (χ0) is 23.1. The molecule has 33 heavy (non-hydrogen) atoms. The molecule has 164 valence electrons. The van der Waals surface area contributed by atoms with Gasteiger partial charge in [0, 0.05) is 35.6 Å². The van der Waals surface area contributed by atoms with Crippen LogP contribution in [0.25, 0.3) is 5.76 Å². The summed E-state index contributed by atoms with van der Waals surface area (Å²) in [5.74, 6) is -1.44. The number of Topliss-reactive ketones (excluding diaryl/α,β-unsaturated/α-hetero) is 1. The molecular weight excluding hydrogens is 430 g/mol. The molecule has 0 spiro atoms. The van der Waals surface area contributed by atoms with Crippen LogP contribution < -0.4 is 14.4 Å². The summed E-state index contributed by atoms with van der Waals surface area (Å²) in [6.45, 7) is 0.0358. The molecule has 0 radical (unpaired) electrons. The van der Waals surface area contributed by atoms with Crippen LogP contribution >= 0.6 is 0 Å². The first-order valence-corrected chi connectivity index (χ1v) is 9.82. The minimum absolute atomic E-state index is 0.0358. The lowest BCUT2D eigenvalue weighted by Crippen LogP contribution is -2.29. The standard InChI is InChI=1S/C23H15N3O7/c27-21(13-4-3-5-15(10-13)26(30)31)19-20(16-6-1-2-9-24-16)25(23(29)22(19)28)14-7-8-17-18(11-14)33-12-32-17/h1-11,20,27H,12H2/b21-19+. The Hall–Kier alpha value is -4.73. The number of carbonyl (C=O) groups is 2. The number of rotatable bonds is 4. The topological polar surface area (TPSA) is 132 Å². The van der Waals surface area contributed by atoms with Gasteiger partial charge in [-0.2, -0.15) is 0 Å². The average Bonchev–Trinajstić information content (AvgIpc) is 3.41. The summed E-state index contributed by atoms with van der Waals surface area (Å²) in [6.07, 6.45) is 1.50. The maximum atomic E-state index is 13.1. The van der Waals surface area contributed by atoms with Crippen LogP contribution in [-0.4, -0.2) is 33.5 Å². The molecule has 1 amide bonds. The molecular formula is C23H15N3O7. The molecule has 5 rings (SSSR count). The Bertz CT molecular complexity index is 1340. The van der Waals surface area contributed by atoms with E-state index in [0.29, 0.717) is 22.9 Å². The van der Waals surface area contributed by atoms with Gasteiger partial charge in [0.25, 0.3) is 17.4 Å². The second kappa shape index (κ2) is 7.75. The van der Waals surface area contributed by atoms with Gasteiger partial charge in [-0.1, -0.05) is 18.2 Å². The number of aliphatic hydroxyl groups excluding tert-OH is 1. The fourth-order valence-corrected chi connectivity index (χ4v) is 3.87. The second-order valence-corrected chi connectivity index (χ2v) is 7.27. The molecule has 1 aromatic heterocycles. The molecule has 3 aromatic rings. The summed E-state index contributed by atoms with van der Waals surface area (Å²) in [5, 5.41) is 22.2. The first-order valence-electron chi connectivity index (χ1n) is 9.82. The Morgan fingerprint density at radius 1 is 1.06 bits per heavy atom. The van der Waals surface area contributed by atoms with Crippen molar-refractivity contribution < 1.29 is 29.1 Å². The molecule has 3 heterocycles. The van der Waals surface area contributed by atoms with Gasteiger partial charge in [0.2, 0.25) is 6.79 Å². The Morgan fingerprint density at radius 2 is 1.88 bits per heavy atom. The molecule has 1 atom stereocenters. The number of amides is 1. The highest BCUT2D eigenvalue weighted by atomic mass is 16.7. The first-order chi connectivity index (χ1) is 16.0. The molecule has 0 saturated carbocycles. The van der Waals surface area contributed by atoms with E-state index in [1.54, 1.807) is 36.4 Å². The van der Waals surface area contributed by atoms with Crippen LogP contribution in [-0.2, 0) is 9.59 Å². The number of nitro groups is 1. The van der Waals surface area contributed by atoms with Crippen molar-refractivity contribution in [2.24, 2.45) is 0 Å². The minimum Gasteiger partial charge on any atom is -0.507 e. The Kier molecular flexibility index (Phi) is 4.74. The lowest BCUT2D eigenvalue weighted by Gasteiger charge is -2.24. The van der Waals surface area contributed by atoms with Crippen molar-refractivity contribution in [2.45, 2.75) is 6.04 Å². The molecule has 10 heteroatoms. The van der Waals surface area contributed by atoms with E-state index in [0.717, 1.165) is 6.07 Å². The van der Waals surface area contributed by atoms with Crippen LogP contribution in [0.4, 0.5) is 11.4 Å². The molecule has 2 aliphatic rings. The number of ether oxygens (including phenoxy) is 2. The number of anilines is 1. The maximum absolute atomic E-state index is 13.1. The summed E-state index contributed by atoms with van der Waals surface area (Å²) >= 11 is 0. The van der Waals surface area contributed by atoms with Gasteiger partial charge in [-0.15, -0.1) is 0 Å². The SMILES string of the molecule is O=C1C(=O)N(c2ccc3c(c2)OCO3)C(c2ccccn2)/C1=C(\O)c1cccc([N+](=O)[O-])c1. The molecule has 1 fully saturated rings. The number of benzene rings is 2.